The summed E-state index contributed by atoms with van der Waals surface area (Å²) in [6, 6.07) is 1.90. The zero-order valence-electron chi connectivity index (χ0n) is 7.82. The molecule has 1 atom stereocenters. The molecule has 0 bridgehead atoms. The van der Waals surface area contributed by atoms with Gasteiger partial charge in [-0.1, -0.05) is 6.92 Å². The molecule has 3 nitrogen and oxygen atoms in total. The van der Waals surface area contributed by atoms with Gasteiger partial charge >= 0.3 is 0 Å². The lowest BCUT2D eigenvalue weighted by atomic mass is 10.3. The van der Waals surface area contributed by atoms with Crippen LogP contribution in [-0.2, 0) is 4.79 Å². The van der Waals surface area contributed by atoms with E-state index < -0.39 is 0 Å². The van der Waals surface area contributed by atoms with Crippen LogP contribution in [0.3, 0.4) is 0 Å². The summed E-state index contributed by atoms with van der Waals surface area (Å²) in [5.74, 6) is 0.982. The van der Waals surface area contributed by atoms with Crippen LogP contribution in [0.15, 0.2) is 0 Å². The molecule has 13 heavy (non-hydrogen) atoms. The summed E-state index contributed by atoms with van der Waals surface area (Å²) in [6.07, 6.45) is 1.07. The van der Waals surface area contributed by atoms with E-state index in [2.05, 4.69) is 6.92 Å². The zero-order valence-corrected chi connectivity index (χ0v) is 8.64. The minimum atomic E-state index is -0.0165. The Bertz CT molecular complexity index is 224. The van der Waals surface area contributed by atoms with Crippen LogP contribution in [0.1, 0.15) is 19.8 Å². The van der Waals surface area contributed by atoms with Gasteiger partial charge in [-0.05, 0) is 6.42 Å². The lowest BCUT2D eigenvalue weighted by Crippen LogP contribution is -2.32. The maximum atomic E-state index is 11.4. The fraction of sp³-hybridized carbons (Fsp3) is 0.778. The van der Waals surface area contributed by atoms with E-state index in [0.717, 1.165) is 25.3 Å². The molecule has 1 fully saturated rings. The van der Waals surface area contributed by atoms with E-state index in [1.807, 2.05) is 17.8 Å². The molecule has 1 aliphatic heterocycles. The number of nitriles is 1. The number of rotatable bonds is 1. The number of hydrogen-bond donors (Lipinski definition) is 0. The molecule has 0 aliphatic carbocycles. The molecule has 0 N–H and O–H groups in total. The average Bonchev–Trinajstić information content (AvgIpc) is 2.30. The van der Waals surface area contributed by atoms with E-state index in [9.17, 15) is 4.79 Å². The monoisotopic (exact) mass is 198 g/mol. The lowest BCUT2D eigenvalue weighted by Gasteiger charge is -2.18. The molecular weight excluding hydrogens is 184 g/mol. The van der Waals surface area contributed by atoms with E-state index in [0.29, 0.717) is 5.25 Å². The second-order valence-electron chi connectivity index (χ2n) is 3.19. The van der Waals surface area contributed by atoms with Crippen LogP contribution < -0.4 is 0 Å². The molecule has 0 aromatic carbocycles. The molecule has 0 saturated carbocycles. The van der Waals surface area contributed by atoms with Gasteiger partial charge in [-0.25, -0.2) is 0 Å². The average molecular weight is 198 g/mol. The molecule has 1 amide bonds. The minimum Gasteiger partial charge on any atom is -0.341 e. The summed E-state index contributed by atoms with van der Waals surface area (Å²) in [5, 5.41) is 9.03. The quantitative estimate of drug-likeness (QED) is 0.637. The molecular formula is C9H14N2OS. The summed E-state index contributed by atoms with van der Waals surface area (Å²) >= 11 is 1.90. The Kier molecular flexibility index (Phi) is 4.10. The Morgan fingerprint density at radius 3 is 3.15 bits per heavy atom. The Hall–Kier alpha value is -0.690. The van der Waals surface area contributed by atoms with E-state index >= 15 is 0 Å². The van der Waals surface area contributed by atoms with Crippen molar-refractivity contribution in [1.82, 2.24) is 4.90 Å². The Morgan fingerprint density at radius 1 is 1.69 bits per heavy atom. The van der Waals surface area contributed by atoms with Crippen LogP contribution in [0.4, 0.5) is 0 Å². The molecule has 1 unspecified atom stereocenters. The predicted molar refractivity (Wildman–Crippen MR) is 53.3 cm³/mol. The third kappa shape index (κ3) is 3.27. The number of carbonyl (C=O) groups excluding carboxylic acids is 1. The van der Waals surface area contributed by atoms with Crippen molar-refractivity contribution < 1.29 is 4.79 Å². The molecule has 1 heterocycles. The van der Waals surface area contributed by atoms with Gasteiger partial charge in [0.1, 0.15) is 6.42 Å². The first-order valence-electron chi connectivity index (χ1n) is 4.50. The molecule has 0 aromatic heterocycles. The molecule has 0 spiro atoms. The van der Waals surface area contributed by atoms with Gasteiger partial charge in [0.05, 0.1) is 6.07 Å². The van der Waals surface area contributed by atoms with E-state index in [-0.39, 0.29) is 12.3 Å². The number of carbonyl (C=O) groups is 1. The summed E-state index contributed by atoms with van der Waals surface area (Å²) in [5.41, 5.74) is 0. The minimum absolute atomic E-state index is 0.0165. The van der Waals surface area contributed by atoms with Crippen molar-refractivity contribution in [2.75, 3.05) is 18.8 Å². The fourth-order valence-corrected chi connectivity index (χ4v) is 2.33. The van der Waals surface area contributed by atoms with Crippen molar-refractivity contribution in [3.8, 4) is 6.07 Å². The van der Waals surface area contributed by atoms with E-state index in [1.165, 1.54) is 0 Å². The molecule has 1 saturated heterocycles. The molecule has 72 valence electrons. The van der Waals surface area contributed by atoms with Crippen molar-refractivity contribution in [3.63, 3.8) is 0 Å². The second kappa shape index (κ2) is 5.13. The zero-order chi connectivity index (χ0) is 9.68. The Labute approximate surface area is 83.1 Å². The van der Waals surface area contributed by atoms with Gasteiger partial charge in [-0.2, -0.15) is 17.0 Å². The maximum Gasteiger partial charge on any atom is 0.236 e. The highest BCUT2D eigenvalue weighted by molar-refractivity contribution is 7.99. The topological polar surface area (TPSA) is 44.1 Å². The fourth-order valence-electron chi connectivity index (χ4n) is 1.33. The number of nitrogens with zero attached hydrogens (tertiary/aromatic N) is 2. The molecule has 4 heteroatoms. The van der Waals surface area contributed by atoms with Gasteiger partial charge < -0.3 is 4.90 Å². The van der Waals surface area contributed by atoms with Crippen LogP contribution in [0, 0.1) is 11.3 Å². The van der Waals surface area contributed by atoms with Gasteiger partial charge in [0.15, 0.2) is 0 Å². The van der Waals surface area contributed by atoms with Crippen molar-refractivity contribution in [2.24, 2.45) is 0 Å². The third-order valence-electron chi connectivity index (χ3n) is 2.15. The summed E-state index contributed by atoms with van der Waals surface area (Å²) < 4.78 is 0. The van der Waals surface area contributed by atoms with E-state index in [4.69, 9.17) is 5.26 Å². The van der Waals surface area contributed by atoms with Gasteiger partial charge in [0, 0.05) is 24.1 Å². The van der Waals surface area contributed by atoms with Gasteiger partial charge in [0.2, 0.25) is 5.91 Å². The number of amides is 1. The Morgan fingerprint density at radius 2 is 2.46 bits per heavy atom. The molecule has 0 aromatic rings. The third-order valence-corrected chi connectivity index (χ3v) is 3.38. The first kappa shape index (κ1) is 10.4. The maximum absolute atomic E-state index is 11.4. The molecule has 1 rings (SSSR count). The molecule has 1 aliphatic rings. The lowest BCUT2D eigenvalue weighted by molar-refractivity contribution is -0.129. The smallest absolute Gasteiger partial charge is 0.236 e. The van der Waals surface area contributed by atoms with Gasteiger partial charge in [-0.15, -0.1) is 0 Å². The van der Waals surface area contributed by atoms with Crippen molar-refractivity contribution >= 4 is 17.7 Å². The van der Waals surface area contributed by atoms with Crippen molar-refractivity contribution in [1.29, 1.82) is 5.26 Å². The van der Waals surface area contributed by atoms with Crippen LogP contribution in [0.2, 0.25) is 0 Å². The summed E-state index contributed by atoms with van der Waals surface area (Å²) in [4.78, 5) is 13.2. The Balaban J connectivity index is 2.42. The van der Waals surface area contributed by atoms with Crippen LogP contribution in [0.5, 0.6) is 0 Å². The highest BCUT2D eigenvalue weighted by Crippen LogP contribution is 2.18. The first-order chi connectivity index (χ1) is 6.24. The largest absolute Gasteiger partial charge is 0.341 e. The first-order valence-corrected chi connectivity index (χ1v) is 5.55. The van der Waals surface area contributed by atoms with Gasteiger partial charge in [-0.3, -0.25) is 4.79 Å². The summed E-state index contributed by atoms with van der Waals surface area (Å²) in [6.45, 7) is 3.80. The van der Waals surface area contributed by atoms with Gasteiger partial charge in [0.25, 0.3) is 0 Å². The standard InChI is InChI=1S/C9H14N2OS/c1-8-3-5-11(6-7-13-8)9(12)2-4-10/h8H,2-3,5-7H2,1H3. The highest BCUT2D eigenvalue weighted by Gasteiger charge is 2.17. The second-order valence-corrected chi connectivity index (χ2v) is 4.73. The van der Waals surface area contributed by atoms with Crippen LogP contribution in [0.25, 0.3) is 0 Å². The van der Waals surface area contributed by atoms with Crippen molar-refractivity contribution in [3.05, 3.63) is 0 Å². The normalized spacial score (nSPS) is 23.4. The SMILES string of the molecule is CC1CCN(C(=O)CC#N)CCS1. The van der Waals surface area contributed by atoms with Crippen LogP contribution in [-0.4, -0.2) is 34.9 Å². The highest BCUT2D eigenvalue weighted by atomic mass is 32.2. The number of thioether (sulfide) groups is 1. The molecule has 0 radical (unpaired) electrons. The van der Waals surface area contributed by atoms with Crippen molar-refractivity contribution in [2.45, 2.75) is 25.0 Å². The number of hydrogen-bond acceptors (Lipinski definition) is 3. The van der Waals surface area contributed by atoms with E-state index in [1.54, 1.807) is 4.90 Å². The predicted octanol–water partition coefficient (Wildman–Crippen LogP) is 1.25. The summed E-state index contributed by atoms with van der Waals surface area (Å²) in [7, 11) is 0. The van der Waals surface area contributed by atoms with Crippen LogP contribution >= 0.6 is 11.8 Å².